The highest BCUT2D eigenvalue weighted by Crippen LogP contribution is 2.00. The Kier molecular flexibility index (Phi) is 1.76. The smallest absolute Gasteiger partial charge is 0.355 e. The molecule has 0 aliphatic heterocycles. The molecule has 4 nitrogen and oxygen atoms in total. The van der Waals surface area contributed by atoms with Crippen LogP contribution < -0.4 is 0 Å². The number of aliphatic carboxylic acids is 1. The molecule has 11 heavy (non-hydrogen) atoms. The van der Waals surface area contributed by atoms with E-state index in [1.807, 2.05) is 0 Å². The van der Waals surface area contributed by atoms with Gasteiger partial charge in [0.1, 0.15) is 0 Å². The topological polar surface area (TPSA) is 66.1 Å². The molecule has 4 heteroatoms. The Bertz CT molecular complexity index is 301. The zero-order valence-electron chi connectivity index (χ0n) is 6.03. The van der Waals surface area contributed by atoms with E-state index in [-0.39, 0.29) is 5.71 Å². The van der Waals surface area contributed by atoms with Gasteiger partial charge in [0.05, 0.1) is 5.69 Å². The third-order valence-electron chi connectivity index (χ3n) is 1.41. The summed E-state index contributed by atoms with van der Waals surface area (Å²) in [6.45, 7) is 0. The highest BCUT2D eigenvalue weighted by Gasteiger charge is 2.11. The molecule has 0 aromatic carbocycles. The van der Waals surface area contributed by atoms with E-state index in [4.69, 9.17) is 10.5 Å². The van der Waals surface area contributed by atoms with Crippen LogP contribution in [0.1, 0.15) is 5.69 Å². The van der Waals surface area contributed by atoms with Crippen LogP contribution in [-0.2, 0) is 11.8 Å². The lowest BCUT2D eigenvalue weighted by Gasteiger charge is -1.98. The molecular weight excluding hydrogens is 144 g/mol. The third-order valence-corrected chi connectivity index (χ3v) is 1.41. The molecule has 0 aliphatic carbocycles. The Labute approximate surface area is 63.6 Å². The summed E-state index contributed by atoms with van der Waals surface area (Å²) in [7, 11) is 1.70. The lowest BCUT2D eigenvalue weighted by atomic mass is 10.3. The van der Waals surface area contributed by atoms with Gasteiger partial charge in [-0.3, -0.25) is 5.41 Å². The summed E-state index contributed by atoms with van der Waals surface area (Å²) >= 11 is 0. The van der Waals surface area contributed by atoms with Crippen molar-refractivity contribution in [2.75, 3.05) is 0 Å². The van der Waals surface area contributed by atoms with Gasteiger partial charge in [0.15, 0.2) is 5.71 Å². The van der Waals surface area contributed by atoms with Gasteiger partial charge >= 0.3 is 5.97 Å². The molecule has 58 valence electrons. The van der Waals surface area contributed by atoms with Gasteiger partial charge in [-0.1, -0.05) is 0 Å². The number of rotatable bonds is 2. The quantitative estimate of drug-likeness (QED) is 0.605. The molecule has 1 rings (SSSR count). The van der Waals surface area contributed by atoms with E-state index >= 15 is 0 Å². The van der Waals surface area contributed by atoms with Crippen LogP contribution in [0, 0.1) is 5.41 Å². The minimum Gasteiger partial charge on any atom is -0.476 e. The van der Waals surface area contributed by atoms with Crippen molar-refractivity contribution in [2.45, 2.75) is 0 Å². The molecule has 1 aromatic heterocycles. The van der Waals surface area contributed by atoms with Crippen molar-refractivity contribution < 1.29 is 9.90 Å². The highest BCUT2D eigenvalue weighted by atomic mass is 16.4. The van der Waals surface area contributed by atoms with Crippen LogP contribution in [-0.4, -0.2) is 21.4 Å². The largest absolute Gasteiger partial charge is 0.476 e. The molecule has 0 atom stereocenters. The van der Waals surface area contributed by atoms with Gasteiger partial charge in [-0.15, -0.1) is 0 Å². The third kappa shape index (κ3) is 1.29. The fraction of sp³-hybridized carbons (Fsp3) is 0.143. The van der Waals surface area contributed by atoms with Crippen LogP contribution in [0.4, 0.5) is 0 Å². The predicted molar refractivity (Wildman–Crippen MR) is 39.9 cm³/mol. The van der Waals surface area contributed by atoms with Gasteiger partial charge in [-0.05, 0) is 12.1 Å². The van der Waals surface area contributed by atoms with Gasteiger partial charge < -0.3 is 9.67 Å². The van der Waals surface area contributed by atoms with Crippen molar-refractivity contribution >= 4 is 11.7 Å². The van der Waals surface area contributed by atoms with E-state index in [0.717, 1.165) is 0 Å². The number of aromatic nitrogens is 1. The summed E-state index contributed by atoms with van der Waals surface area (Å²) in [4.78, 5) is 10.3. The number of aryl methyl sites for hydroxylation is 1. The molecule has 0 bridgehead atoms. The lowest BCUT2D eigenvalue weighted by Crippen LogP contribution is -2.15. The van der Waals surface area contributed by atoms with Gasteiger partial charge in [-0.25, -0.2) is 4.79 Å². The average molecular weight is 152 g/mol. The molecule has 0 saturated carbocycles. The summed E-state index contributed by atoms with van der Waals surface area (Å²) in [6, 6.07) is 3.29. The summed E-state index contributed by atoms with van der Waals surface area (Å²) < 4.78 is 1.59. The van der Waals surface area contributed by atoms with Crippen molar-refractivity contribution in [1.82, 2.24) is 4.57 Å². The molecule has 1 heterocycles. The Morgan fingerprint density at radius 2 is 2.36 bits per heavy atom. The molecule has 2 N–H and O–H groups in total. The Hall–Kier alpha value is -1.58. The summed E-state index contributed by atoms with van der Waals surface area (Å²) in [6.07, 6.45) is 1.70. The number of carboxylic acids is 1. The van der Waals surface area contributed by atoms with Gasteiger partial charge in [0, 0.05) is 13.2 Å². The SMILES string of the molecule is Cn1cccc1C(=N)C(=O)O. The van der Waals surface area contributed by atoms with E-state index < -0.39 is 5.97 Å². The molecule has 0 radical (unpaired) electrons. The fourth-order valence-electron chi connectivity index (χ4n) is 0.830. The van der Waals surface area contributed by atoms with E-state index in [2.05, 4.69) is 0 Å². The number of carboxylic acid groups (broad SMARTS) is 1. The minimum atomic E-state index is -1.20. The molecule has 0 aliphatic rings. The zero-order valence-corrected chi connectivity index (χ0v) is 6.03. The first kappa shape index (κ1) is 7.53. The summed E-state index contributed by atoms with van der Waals surface area (Å²) in [5.74, 6) is -1.20. The van der Waals surface area contributed by atoms with Crippen LogP contribution in [0.2, 0.25) is 0 Å². The summed E-state index contributed by atoms with van der Waals surface area (Å²) in [5.41, 5.74) is 0.0370. The number of nitrogens with one attached hydrogen (secondary N) is 1. The molecule has 0 saturated heterocycles. The average Bonchev–Trinajstić information content (AvgIpc) is 2.33. The normalized spacial score (nSPS) is 9.55. The number of hydrogen-bond donors (Lipinski definition) is 2. The second-order valence-corrected chi connectivity index (χ2v) is 2.18. The van der Waals surface area contributed by atoms with Crippen LogP contribution >= 0.6 is 0 Å². The molecule has 0 unspecified atom stereocenters. The van der Waals surface area contributed by atoms with Crippen LogP contribution in [0.5, 0.6) is 0 Å². The number of hydrogen-bond acceptors (Lipinski definition) is 2. The fourth-order valence-corrected chi connectivity index (χ4v) is 0.830. The van der Waals surface area contributed by atoms with Crippen LogP contribution in [0.15, 0.2) is 18.3 Å². The maximum atomic E-state index is 10.3. The number of carbonyl (C=O) groups is 1. The second-order valence-electron chi connectivity index (χ2n) is 2.18. The minimum absolute atomic E-state index is 0.377. The van der Waals surface area contributed by atoms with Gasteiger partial charge in [0.2, 0.25) is 0 Å². The zero-order chi connectivity index (χ0) is 8.43. The predicted octanol–water partition coefficient (Wildman–Crippen LogP) is 0.478. The molecule has 0 fully saturated rings. The van der Waals surface area contributed by atoms with Gasteiger partial charge in [0.25, 0.3) is 0 Å². The monoisotopic (exact) mass is 152 g/mol. The van der Waals surface area contributed by atoms with Crippen molar-refractivity contribution in [1.29, 1.82) is 5.41 Å². The summed E-state index contributed by atoms with van der Waals surface area (Å²) in [5, 5.41) is 15.6. The second kappa shape index (κ2) is 2.57. The van der Waals surface area contributed by atoms with Crippen molar-refractivity contribution in [3.05, 3.63) is 24.0 Å². The molecule has 0 spiro atoms. The lowest BCUT2D eigenvalue weighted by molar-refractivity contribution is -0.129. The Morgan fingerprint density at radius 1 is 1.73 bits per heavy atom. The van der Waals surface area contributed by atoms with E-state index in [1.165, 1.54) is 0 Å². The first-order valence-electron chi connectivity index (χ1n) is 3.06. The standard InChI is InChI=1S/C7H8N2O2/c1-9-4-2-3-5(9)6(8)7(10)11/h2-4,8H,1H3,(H,10,11). The van der Waals surface area contributed by atoms with Crippen molar-refractivity contribution in [3.8, 4) is 0 Å². The number of nitrogens with zero attached hydrogens (tertiary/aromatic N) is 1. The Balaban J connectivity index is 3.02. The van der Waals surface area contributed by atoms with Gasteiger partial charge in [-0.2, -0.15) is 0 Å². The van der Waals surface area contributed by atoms with E-state index in [9.17, 15) is 4.79 Å². The maximum Gasteiger partial charge on any atom is 0.355 e. The van der Waals surface area contributed by atoms with Crippen LogP contribution in [0.25, 0.3) is 0 Å². The maximum absolute atomic E-state index is 10.3. The first-order chi connectivity index (χ1) is 5.13. The molecule has 0 amide bonds. The molecular formula is C7H8N2O2. The van der Waals surface area contributed by atoms with E-state index in [0.29, 0.717) is 5.69 Å². The van der Waals surface area contributed by atoms with Crippen molar-refractivity contribution in [2.24, 2.45) is 7.05 Å². The Morgan fingerprint density at radius 3 is 2.73 bits per heavy atom. The van der Waals surface area contributed by atoms with Crippen molar-refractivity contribution in [3.63, 3.8) is 0 Å². The molecule has 1 aromatic rings. The highest BCUT2D eigenvalue weighted by molar-refractivity contribution is 6.40. The van der Waals surface area contributed by atoms with Crippen LogP contribution in [0.3, 0.4) is 0 Å². The first-order valence-corrected chi connectivity index (χ1v) is 3.06. The van der Waals surface area contributed by atoms with E-state index in [1.54, 1.807) is 29.9 Å².